The van der Waals surface area contributed by atoms with Gasteiger partial charge in [0.2, 0.25) is 0 Å². The van der Waals surface area contributed by atoms with Crippen molar-refractivity contribution in [3.8, 4) is 0 Å². The third kappa shape index (κ3) is 5.18. The van der Waals surface area contributed by atoms with Crippen molar-refractivity contribution in [2.75, 3.05) is 6.54 Å². The molecule has 1 rings (SSSR count). The van der Waals surface area contributed by atoms with Crippen molar-refractivity contribution >= 4 is 0 Å². The normalized spacial score (nSPS) is 12.3. The first-order valence-corrected chi connectivity index (χ1v) is 5.36. The van der Waals surface area contributed by atoms with Gasteiger partial charge < -0.3 is 5.32 Å². The summed E-state index contributed by atoms with van der Waals surface area (Å²) in [6, 6.07) is 10.5. The second-order valence-corrected chi connectivity index (χ2v) is 3.63. The molecule has 0 aliphatic rings. The van der Waals surface area contributed by atoms with Crippen molar-refractivity contribution in [2.45, 2.75) is 20.4 Å². The van der Waals surface area contributed by atoms with Crippen LogP contribution in [0.15, 0.2) is 54.1 Å². The fraction of sp³-hybridized carbons (Fsp3) is 0.286. The van der Waals surface area contributed by atoms with E-state index in [1.54, 1.807) is 0 Å². The van der Waals surface area contributed by atoms with Crippen LogP contribution in [-0.2, 0) is 6.54 Å². The average molecular weight is 201 g/mol. The van der Waals surface area contributed by atoms with Gasteiger partial charge in [-0.2, -0.15) is 0 Å². The highest BCUT2D eigenvalue weighted by Gasteiger charge is 1.90. The molecule has 80 valence electrons. The fourth-order valence-electron chi connectivity index (χ4n) is 1.32. The minimum Gasteiger partial charge on any atom is -0.309 e. The predicted octanol–water partition coefficient (Wildman–Crippen LogP) is 3.30. The van der Waals surface area contributed by atoms with Crippen LogP contribution in [0.3, 0.4) is 0 Å². The lowest BCUT2D eigenvalue weighted by molar-refractivity contribution is 0.740. The van der Waals surface area contributed by atoms with Gasteiger partial charge in [-0.05, 0) is 19.4 Å². The van der Waals surface area contributed by atoms with Crippen LogP contribution >= 0.6 is 0 Å². The number of rotatable bonds is 5. The van der Waals surface area contributed by atoms with Gasteiger partial charge in [0, 0.05) is 13.1 Å². The standard InChI is InChI=1S/C14H19N/c1-3-4-8-13(2)11-15-12-14-9-6-5-7-10-14/h3-10,15H,11-12H2,1-2H3/b4-3-,13-8+. The Labute approximate surface area is 92.5 Å². The van der Waals surface area contributed by atoms with Crippen molar-refractivity contribution in [2.24, 2.45) is 0 Å². The molecule has 0 radical (unpaired) electrons. The van der Waals surface area contributed by atoms with Crippen molar-refractivity contribution < 1.29 is 0 Å². The molecule has 1 nitrogen and oxygen atoms in total. The van der Waals surface area contributed by atoms with E-state index in [0.29, 0.717) is 0 Å². The Balaban J connectivity index is 2.28. The largest absolute Gasteiger partial charge is 0.309 e. The summed E-state index contributed by atoms with van der Waals surface area (Å²) >= 11 is 0. The van der Waals surface area contributed by atoms with E-state index in [2.05, 4.69) is 48.7 Å². The second kappa shape index (κ2) is 7.02. The number of nitrogens with one attached hydrogen (secondary N) is 1. The van der Waals surface area contributed by atoms with E-state index in [4.69, 9.17) is 0 Å². The maximum Gasteiger partial charge on any atom is 0.0208 e. The Morgan fingerprint density at radius 2 is 2.00 bits per heavy atom. The van der Waals surface area contributed by atoms with E-state index in [0.717, 1.165) is 13.1 Å². The lowest BCUT2D eigenvalue weighted by Gasteiger charge is -2.04. The summed E-state index contributed by atoms with van der Waals surface area (Å²) in [5.74, 6) is 0. The Morgan fingerprint density at radius 3 is 2.67 bits per heavy atom. The predicted molar refractivity (Wildman–Crippen MR) is 66.7 cm³/mol. The molecule has 1 N–H and O–H groups in total. The van der Waals surface area contributed by atoms with E-state index < -0.39 is 0 Å². The highest BCUT2D eigenvalue weighted by atomic mass is 14.8. The summed E-state index contributed by atoms with van der Waals surface area (Å²) in [5.41, 5.74) is 2.68. The highest BCUT2D eigenvalue weighted by molar-refractivity contribution is 5.15. The van der Waals surface area contributed by atoms with E-state index in [9.17, 15) is 0 Å². The zero-order valence-corrected chi connectivity index (χ0v) is 9.53. The van der Waals surface area contributed by atoms with Gasteiger partial charge in [-0.3, -0.25) is 0 Å². The Hall–Kier alpha value is -1.34. The van der Waals surface area contributed by atoms with Gasteiger partial charge in [-0.25, -0.2) is 0 Å². The van der Waals surface area contributed by atoms with Gasteiger partial charge in [0.25, 0.3) is 0 Å². The second-order valence-electron chi connectivity index (χ2n) is 3.63. The zero-order chi connectivity index (χ0) is 10.9. The average Bonchev–Trinajstić information content (AvgIpc) is 2.28. The summed E-state index contributed by atoms with van der Waals surface area (Å²) in [6.07, 6.45) is 6.25. The van der Waals surface area contributed by atoms with E-state index >= 15 is 0 Å². The van der Waals surface area contributed by atoms with Gasteiger partial charge in [0.05, 0.1) is 0 Å². The molecule has 0 aromatic heterocycles. The van der Waals surface area contributed by atoms with Gasteiger partial charge in [0.1, 0.15) is 0 Å². The molecular formula is C14H19N. The molecular weight excluding hydrogens is 182 g/mol. The van der Waals surface area contributed by atoms with E-state index in [1.807, 2.05) is 19.1 Å². The minimum atomic E-state index is 0.932. The smallest absolute Gasteiger partial charge is 0.0208 e. The quantitative estimate of drug-likeness (QED) is 0.721. The number of allylic oxidation sites excluding steroid dienone is 3. The lowest BCUT2D eigenvalue weighted by atomic mass is 10.2. The van der Waals surface area contributed by atoms with Crippen LogP contribution in [0, 0.1) is 0 Å². The lowest BCUT2D eigenvalue weighted by Crippen LogP contribution is -2.15. The molecule has 0 amide bonds. The molecule has 0 aliphatic heterocycles. The van der Waals surface area contributed by atoms with Crippen LogP contribution in [-0.4, -0.2) is 6.54 Å². The maximum atomic E-state index is 3.41. The van der Waals surface area contributed by atoms with Crippen molar-refractivity contribution in [3.05, 3.63) is 59.7 Å². The summed E-state index contributed by atoms with van der Waals surface area (Å²) in [4.78, 5) is 0. The number of hydrogen-bond donors (Lipinski definition) is 1. The van der Waals surface area contributed by atoms with Crippen molar-refractivity contribution in [1.82, 2.24) is 5.32 Å². The Bertz CT molecular complexity index is 322. The molecule has 15 heavy (non-hydrogen) atoms. The van der Waals surface area contributed by atoms with Crippen LogP contribution in [0.5, 0.6) is 0 Å². The van der Waals surface area contributed by atoms with Gasteiger partial charge in [0.15, 0.2) is 0 Å². The third-order valence-electron chi connectivity index (χ3n) is 2.15. The number of hydrogen-bond acceptors (Lipinski definition) is 1. The topological polar surface area (TPSA) is 12.0 Å². The van der Waals surface area contributed by atoms with Crippen LogP contribution < -0.4 is 5.32 Å². The van der Waals surface area contributed by atoms with Gasteiger partial charge in [-0.1, -0.05) is 54.1 Å². The fourth-order valence-corrected chi connectivity index (χ4v) is 1.32. The molecule has 0 atom stereocenters. The summed E-state index contributed by atoms with van der Waals surface area (Å²) in [5, 5.41) is 3.41. The Kier molecular flexibility index (Phi) is 5.49. The first-order chi connectivity index (χ1) is 7.33. The highest BCUT2D eigenvalue weighted by Crippen LogP contribution is 1.98. The zero-order valence-electron chi connectivity index (χ0n) is 9.53. The molecule has 0 saturated carbocycles. The number of benzene rings is 1. The molecule has 0 spiro atoms. The van der Waals surface area contributed by atoms with Gasteiger partial charge >= 0.3 is 0 Å². The summed E-state index contributed by atoms with van der Waals surface area (Å²) in [6.45, 7) is 6.04. The van der Waals surface area contributed by atoms with Crippen molar-refractivity contribution in [1.29, 1.82) is 0 Å². The monoisotopic (exact) mass is 201 g/mol. The Morgan fingerprint density at radius 1 is 1.27 bits per heavy atom. The van der Waals surface area contributed by atoms with Crippen LogP contribution in [0.25, 0.3) is 0 Å². The molecule has 0 bridgehead atoms. The molecule has 1 heteroatoms. The third-order valence-corrected chi connectivity index (χ3v) is 2.15. The first kappa shape index (κ1) is 11.7. The van der Waals surface area contributed by atoms with E-state index in [1.165, 1.54) is 11.1 Å². The molecule has 0 aliphatic carbocycles. The maximum absolute atomic E-state index is 3.41. The molecule has 0 heterocycles. The first-order valence-electron chi connectivity index (χ1n) is 5.36. The molecule has 0 unspecified atom stereocenters. The van der Waals surface area contributed by atoms with E-state index in [-0.39, 0.29) is 0 Å². The summed E-state index contributed by atoms with van der Waals surface area (Å²) < 4.78 is 0. The van der Waals surface area contributed by atoms with Crippen LogP contribution in [0.1, 0.15) is 19.4 Å². The van der Waals surface area contributed by atoms with Gasteiger partial charge in [-0.15, -0.1) is 0 Å². The molecule has 1 aromatic rings. The molecule has 1 aromatic carbocycles. The van der Waals surface area contributed by atoms with Crippen LogP contribution in [0.2, 0.25) is 0 Å². The minimum absolute atomic E-state index is 0.932. The molecule has 0 saturated heterocycles. The van der Waals surface area contributed by atoms with Crippen LogP contribution in [0.4, 0.5) is 0 Å². The molecule has 0 fully saturated rings. The summed E-state index contributed by atoms with van der Waals surface area (Å²) in [7, 11) is 0. The van der Waals surface area contributed by atoms with Crippen molar-refractivity contribution in [3.63, 3.8) is 0 Å². The SMILES string of the molecule is C/C=C\C=C(/C)CNCc1ccccc1.